The van der Waals surface area contributed by atoms with Gasteiger partial charge in [0.2, 0.25) is 5.91 Å². The van der Waals surface area contributed by atoms with Crippen molar-refractivity contribution in [1.29, 1.82) is 0 Å². The molecule has 2 aliphatic carbocycles. The maximum absolute atomic E-state index is 12.5. The molecule has 2 amide bonds. The SMILES string of the molecule is NC1C2CCC(C2)C1C(=O)NCc1ccc(C(=O)N2CCCCC2)cc1. The maximum atomic E-state index is 12.5. The van der Waals surface area contributed by atoms with Crippen molar-refractivity contribution in [3.63, 3.8) is 0 Å². The summed E-state index contributed by atoms with van der Waals surface area (Å²) in [4.78, 5) is 27.0. The lowest BCUT2D eigenvalue weighted by molar-refractivity contribution is -0.127. The van der Waals surface area contributed by atoms with E-state index in [0.717, 1.165) is 49.9 Å². The number of piperidine rings is 1. The van der Waals surface area contributed by atoms with E-state index in [9.17, 15) is 9.59 Å². The van der Waals surface area contributed by atoms with Gasteiger partial charge in [0.25, 0.3) is 5.91 Å². The van der Waals surface area contributed by atoms with Gasteiger partial charge in [-0.05, 0) is 68.1 Å². The summed E-state index contributed by atoms with van der Waals surface area (Å²) in [6.45, 7) is 2.22. The minimum Gasteiger partial charge on any atom is -0.352 e. The normalized spacial score (nSPS) is 30.4. The van der Waals surface area contributed by atoms with Gasteiger partial charge in [-0.25, -0.2) is 0 Å². The summed E-state index contributed by atoms with van der Waals surface area (Å²) in [5.74, 6) is 1.20. The van der Waals surface area contributed by atoms with Gasteiger partial charge in [-0.15, -0.1) is 0 Å². The van der Waals surface area contributed by atoms with Crippen LogP contribution in [0.5, 0.6) is 0 Å². The van der Waals surface area contributed by atoms with Crippen LogP contribution in [0.4, 0.5) is 0 Å². The monoisotopic (exact) mass is 355 g/mol. The Balaban J connectivity index is 1.31. The van der Waals surface area contributed by atoms with Crippen molar-refractivity contribution >= 4 is 11.8 Å². The van der Waals surface area contributed by atoms with Gasteiger partial charge >= 0.3 is 0 Å². The molecule has 2 saturated carbocycles. The van der Waals surface area contributed by atoms with Crippen molar-refractivity contribution < 1.29 is 9.59 Å². The fourth-order valence-corrected chi connectivity index (χ4v) is 5.08. The second-order valence-electron chi connectivity index (χ2n) is 8.20. The van der Waals surface area contributed by atoms with Crippen LogP contribution in [0.15, 0.2) is 24.3 Å². The van der Waals surface area contributed by atoms with Crippen LogP contribution in [0.2, 0.25) is 0 Å². The van der Waals surface area contributed by atoms with E-state index in [1.54, 1.807) is 0 Å². The number of hydrogen-bond acceptors (Lipinski definition) is 3. The van der Waals surface area contributed by atoms with Crippen LogP contribution in [0.25, 0.3) is 0 Å². The first kappa shape index (κ1) is 17.5. The molecule has 1 aliphatic heterocycles. The third kappa shape index (κ3) is 3.37. The second kappa shape index (κ2) is 7.39. The molecular formula is C21H29N3O2. The fraction of sp³-hybridized carbons (Fsp3) is 0.619. The molecular weight excluding hydrogens is 326 g/mol. The number of likely N-dealkylation sites (tertiary alicyclic amines) is 1. The van der Waals surface area contributed by atoms with Gasteiger partial charge in [-0.3, -0.25) is 9.59 Å². The zero-order chi connectivity index (χ0) is 18.1. The Hall–Kier alpha value is -1.88. The summed E-state index contributed by atoms with van der Waals surface area (Å²) < 4.78 is 0. The van der Waals surface area contributed by atoms with Crippen molar-refractivity contribution in [1.82, 2.24) is 10.2 Å². The molecule has 4 atom stereocenters. The predicted octanol–water partition coefficient (Wildman–Crippen LogP) is 2.30. The number of benzene rings is 1. The second-order valence-corrected chi connectivity index (χ2v) is 8.20. The van der Waals surface area contributed by atoms with Gasteiger partial charge in [-0.2, -0.15) is 0 Å². The Labute approximate surface area is 155 Å². The fourth-order valence-electron chi connectivity index (χ4n) is 5.08. The molecule has 3 N–H and O–H groups in total. The van der Waals surface area contributed by atoms with Gasteiger partial charge in [0.15, 0.2) is 0 Å². The molecule has 5 heteroatoms. The van der Waals surface area contributed by atoms with E-state index in [-0.39, 0.29) is 23.8 Å². The molecule has 140 valence electrons. The lowest BCUT2D eigenvalue weighted by Crippen LogP contribution is -2.45. The number of fused-ring (bicyclic) bond motifs is 2. The Morgan fingerprint density at radius 1 is 1.04 bits per heavy atom. The van der Waals surface area contributed by atoms with E-state index < -0.39 is 0 Å². The van der Waals surface area contributed by atoms with Crippen molar-refractivity contribution in [3.8, 4) is 0 Å². The summed E-state index contributed by atoms with van der Waals surface area (Å²) in [5.41, 5.74) is 8.01. The molecule has 1 aromatic rings. The van der Waals surface area contributed by atoms with Gasteiger partial charge in [0, 0.05) is 31.2 Å². The first-order valence-corrected chi connectivity index (χ1v) is 10.0. The van der Waals surface area contributed by atoms with Crippen molar-refractivity contribution in [2.75, 3.05) is 13.1 Å². The topological polar surface area (TPSA) is 75.4 Å². The van der Waals surface area contributed by atoms with Gasteiger partial charge in [-0.1, -0.05) is 12.1 Å². The van der Waals surface area contributed by atoms with Crippen LogP contribution in [0, 0.1) is 17.8 Å². The van der Waals surface area contributed by atoms with Crippen LogP contribution in [0.1, 0.15) is 54.4 Å². The Morgan fingerprint density at radius 2 is 1.73 bits per heavy atom. The molecule has 1 heterocycles. The molecule has 3 aliphatic rings. The van der Waals surface area contributed by atoms with Crippen molar-refractivity contribution in [3.05, 3.63) is 35.4 Å². The summed E-state index contributed by atoms with van der Waals surface area (Å²) in [5, 5.41) is 3.05. The van der Waals surface area contributed by atoms with E-state index in [1.165, 1.54) is 12.8 Å². The number of rotatable bonds is 4. The highest BCUT2D eigenvalue weighted by molar-refractivity contribution is 5.94. The molecule has 0 radical (unpaired) electrons. The third-order valence-electron chi connectivity index (χ3n) is 6.59. The van der Waals surface area contributed by atoms with Gasteiger partial charge in [0.1, 0.15) is 0 Å². The van der Waals surface area contributed by atoms with Crippen LogP contribution in [-0.4, -0.2) is 35.8 Å². The Bertz CT molecular complexity index is 664. The quantitative estimate of drug-likeness (QED) is 0.870. The molecule has 3 fully saturated rings. The number of carbonyl (C=O) groups is 2. The van der Waals surface area contributed by atoms with Crippen LogP contribution in [-0.2, 0) is 11.3 Å². The predicted molar refractivity (Wildman–Crippen MR) is 100 cm³/mol. The lowest BCUT2D eigenvalue weighted by atomic mass is 9.84. The molecule has 4 rings (SSSR count). The zero-order valence-corrected chi connectivity index (χ0v) is 15.3. The molecule has 0 spiro atoms. The van der Waals surface area contributed by atoms with Crippen LogP contribution in [0.3, 0.4) is 0 Å². The molecule has 26 heavy (non-hydrogen) atoms. The van der Waals surface area contributed by atoms with E-state index in [1.807, 2.05) is 29.2 Å². The largest absolute Gasteiger partial charge is 0.352 e. The zero-order valence-electron chi connectivity index (χ0n) is 15.3. The minimum atomic E-state index is -0.0197. The number of amides is 2. The standard InChI is InChI=1S/C21H29N3O2/c22-19-17-9-8-16(12-17)18(19)20(25)23-13-14-4-6-15(7-5-14)21(26)24-10-2-1-3-11-24/h4-7,16-19H,1-3,8-13,22H2,(H,23,25). The van der Waals surface area contributed by atoms with Crippen LogP contribution >= 0.6 is 0 Å². The third-order valence-corrected chi connectivity index (χ3v) is 6.59. The Kier molecular flexibility index (Phi) is 4.98. The first-order valence-electron chi connectivity index (χ1n) is 10.0. The summed E-state index contributed by atoms with van der Waals surface area (Å²) >= 11 is 0. The molecule has 1 aromatic carbocycles. The number of hydrogen-bond donors (Lipinski definition) is 2. The van der Waals surface area contributed by atoms with E-state index in [4.69, 9.17) is 5.73 Å². The number of carbonyl (C=O) groups excluding carboxylic acids is 2. The van der Waals surface area contributed by atoms with E-state index in [2.05, 4.69) is 5.32 Å². The number of nitrogens with one attached hydrogen (secondary N) is 1. The van der Waals surface area contributed by atoms with E-state index >= 15 is 0 Å². The van der Waals surface area contributed by atoms with Crippen molar-refractivity contribution in [2.24, 2.45) is 23.5 Å². The summed E-state index contributed by atoms with van der Waals surface area (Å²) in [7, 11) is 0. The van der Waals surface area contributed by atoms with Crippen LogP contribution < -0.4 is 11.1 Å². The molecule has 5 nitrogen and oxygen atoms in total. The van der Waals surface area contributed by atoms with Gasteiger partial charge in [0.05, 0.1) is 5.92 Å². The number of nitrogens with two attached hydrogens (primary N) is 1. The van der Waals surface area contributed by atoms with Crippen molar-refractivity contribution in [2.45, 2.75) is 51.1 Å². The molecule has 1 saturated heterocycles. The molecule has 4 unspecified atom stereocenters. The molecule has 2 bridgehead atoms. The van der Waals surface area contributed by atoms with Gasteiger partial charge < -0.3 is 16.0 Å². The first-order chi connectivity index (χ1) is 12.6. The summed E-state index contributed by atoms with van der Waals surface area (Å²) in [6.07, 6.45) is 6.86. The summed E-state index contributed by atoms with van der Waals surface area (Å²) in [6, 6.07) is 7.66. The van der Waals surface area contributed by atoms with E-state index in [0.29, 0.717) is 18.4 Å². The lowest BCUT2D eigenvalue weighted by Gasteiger charge is -2.27. The number of nitrogens with zero attached hydrogens (tertiary/aromatic N) is 1. The average Bonchev–Trinajstić information content (AvgIpc) is 3.28. The smallest absolute Gasteiger partial charge is 0.253 e. The minimum absolute atomic E-state index is 0.0197. The highest BCUT2D eigenvalue weighted by Crippen LogP contribution is 2.47. The maximum Gasteiger partial charge on any atom is 0.253 e. The average molecular weight is 355 g/mol. The highest BCUT2D eigenvalue weighted by Gasteiger charge is 2.48. The highest BCUT2D eigenvalue weighted by atomic mass is 16.2. The Morgan fingerprint density at radius 3 is 2.38 bits per heavy atom. The molecule has 0 aromatic heterocycles.